The van der Waals surface area contributed by atoms with Crippen LogP contribution in [0, 0.1) is 0 Å². The van der Waals surface area contributed by atoms with Crippen LogP contribution in [0.5, 0.6) is 0 Å². The third kappa shape index (κ3) is 1.90. The summed E-state index contributed by atoms with van der Waals surface area (Å²) in [6.45, 7) is 0. The molecule has 2 aromatic heterocycles. The first-order valence-corrected chi connectivity index (χ1v) is 5.95. The summed E-state index contributed by atoms with van der Waals surface area (Å²) in [5, 5.41) is 17.1. The van der Waals surface area contributed by atoms with Gasteiger partial charge in [-0.2, -0.15) is 0 Å². The summed E-state index contributed by atoms with van der Waals surface area (Å²) in [6, 6.07) is 0. The molecule has 0 fully saturated rings. The van der Waals surface area contributed by atoms with Crippen molar-refractivity contribution in [1.29, 1.82) is 0 Å². The zero-order chi connectivity index (χ0) is 9.97. The minimum absolute atomic E-state index is 0.845. The molecule has 0 aliphatic rings. The lowest BCUT2D eigenvalue weighted by molar-refractivity contribution is 0.787. The average Bonchev–Trinajstić information content (AvgIpc) is 2.72. The van der Waals surface area contributed by atoms with Crippen LogP contribution in [-0.4, -0.2) is 29.5 Å². The minimum Gasteiger partial charge on any atom is -0.311 e. The lowest BCUT2D eigenvalue weighted by Crippen LogP contribution is -1.89. The van der Waals surface area contributed by atoms with Crippen molar-refractivity contribution < 1.29 is 0 Å². The SMILES string of the molecule is Cn1cnnc1SSc1nncn1C. The van der Waals surface area contributed by atoms with Crippen LogP contribution in [0.25, 0.3) is 0 Å². The molecule has 0 N–H and O–H groups in total. The molecule has 0 amide bonds. The maximum absolute atomic E-state index is 3.94. The number of hydrogen-bond donors (Lipinski definition) is 0. The van der Waals surface area contributed by atoms with Crippen molar-refractivity contribution in [1.82, 2.24) is 29.5 Å². The molecule has 0 atom stereocenters. The summed E-state index contributed by atoms with van der Waals surface area (Å²) in [7, 11) is 6.82. The quantitative estimate of drug-likeness (QED) is 0.722. The Hall–Kier alpha value is -1.02. The highest BCUT2D eigenvalue weighted by molar-refractivity contribution is 8.76. The van der Waals surface area contributed by atoms with E-state index in [9.17, 15) is 0 Å². The Balaban J connectivity index is 2.02. The fourth-order valence-electron chi connectivity index (χ4n) is 0.771. The highest BCUT2D eigenvalue weighted by Crippen LogP contribution is 2.33. The maximum Gasteiger partial charge on any atom is 0.201 e. The summed E-state index contributed by atoms with van der Waals surface area (Å²) in [5.41, 5.74) is 0. The lowest BCUT2D eigenvalue weighted by Gasteiger charge is -1.98. The molecule has 2 heterocycles. The second kappa shape index (κ2) is 4.01. The Morgan fingerprint density at radius 1 is 0.929 bits per heavy atom. The van der Waals surface area contributed by atoms with Crippen molar-refractivity contribution >= 4 is 21.6 Å². The summed E-state index contributed by atoms with van der Waals surface area (Å²) in [4.78, 5) is 0. The third-order valence-corrected chi connectivity index (χ3v) is 3.80. The molecule has 0 bridgehead atoms. The molecule has 0 aromatic carbocycles. The molecule has 0 radical (unpaired) electrons. The van der Waals surface area contributed by atoms with E-state index in [1.807, 2.05) is 23.2 Å². The van der Waals surface area contributed by atoms with Crippen LogP contribution in [0.15, 0.2) is 23.0 Å². The van der Waals surface area contributed by atoms with Gasteiger partial charge in [-0.05, 0) is 21.6 Å². The van der Waals surface area contributed by atoms with Crippen molar-refractivity contribution in [3.05, 3.63) is 12.7 Å². The van der Waals surface area contributed by atoms with Gasteiger partial charge in [0.2, 0.25) is 10.3 Å². The fourth-order valence-corrected chi connectivity index (χ4v) is 2.76. The molecule has 0 aliphatic carbocycles. The number of rotatable bonds is 3. The Labute approximate surface area is 88.5 Å². The lowest BCUT2D eigenvalue weighted by atomic mass is 11.1. The van der Waals surface area contributed by atoms with Crippen LogP contribution in [-0.2, 0) is 14.1 Å². The number of aryl methyl sites for hydroxylation is 2. The molecule has 74 valence electrons. The second-order valence-corrected chi connectivity index (χ2v) is 4.68. The molecular weight excluding hydrogens is 220 g/mol. The van der Waals surface area contributed by atoms with E-state index in [-0.39, 0.29) is 0 Å². The molecule has 0 saturated carbocycles. The van der Waals surface area contributed by atoms with E-state index in [0.29, 0.717) is 0 Å². The monoisotopic (exact) mass is 228 g/mol. The van der Waals surface area contributed by atoms with Crippen molar-refractivity contribution in [3.8, 4) is 0 Å². The van der Waals surface area contributed by atoms with Gasteiger partial charge in [0.1, 0.15) is 12.7 Å². The van der Waals surface area contributed by atoms with E-state index in [4.69, 9.17) is 0 Å². The van der Waals surface area contributed by atoms with E-state index < -0.39 is 0 Å². The van der Waals surface area contributed by atoms with Gasteiger partial charge in [-0.1, -0.05) is 0 Å². The highest BCUT2D eigenvalue weighted by Gasteiger charge is 2.06. The Morgan fingerprint density at radius 3 is 1.64 bits per heavy atom. The molecule has 0 aliphatic heterocycles. The second-order valence-electron chi connectivity index (χ2n) is 2.62. The number of aromatic nitrogens is 6. The van der Waals surface area contributed by atoms with Gasteiger partial charge >= 0.3 is 0 Å². The molecular formula is C6H8N6S2. The largest absolute Gasteiger partial charge is 0.311 e. The van der Waals surface area contributed by atoms with Crippen LogP contribution >= 0.6 is 21.6 Å². The van der Waals surface area contributed by atoms with E-state index in [0.717, 1.165) is 10.3 Å². The standard InChI is InChI=1S/C6H8N6S2/c1-11-3-7-9-5(11)13-14-6-10-8-4-12(6)2/h3-4H,1-2H3. The molecule has 2 aromatic rings. The maximum atomic E-state index is 3.94. The zero-order valence-electron chi connectivity index (χ0n) is 7.65. The fraction of sp³-hybridized carbons (Fsp3) is 0.333. The van der Waals surface area contributed by atoms with Gasteiger partial charge in [-0.15, -0.1) is 20.4 Å². The Bertz CT molecular complexity index is 381. The predicted molar refractivity (Wildman–Crippen MR) is 53.7 cm³/mol. The number of hydrogen-bond acceptors (Lipinski definition) is 6. The first-order chi connectivity index (χ1) is 6.77. The van der Waals surface area contributed by atoms with Crippen molar-refractivity contribution in [2.45, 2.75) is 10.3 Å². The van der Waals surface area contributed by atoms with Crippen molar-refractivity contribution in [2.75, 3.05) is 0 Å². The highest BCUT2D eigenvalue weighted by atomic mass is 33.1. The number of nitrogens with zero attached hydrogens (tertiary/aromatic N) is 6. The summed E-state index contributed by atoms with van der Waals surface area (Å²) in [5.74, 6) is 0. The smallest absolute Gasteiger partial charge is 0.201 e. The molecule has 0 spiro atoms. The summed E-state index contributed by atoms with van der Waals surface area (Å²) >= 11 is 0. The third-order valence-electron chi connectivity index (χ3n) is 1.53. The van der Waals surface area contributed by atoms with Crippen LogP contribution in [0.1, 0.15) is 0 Å². The van der Waals surface area contributed by atoms with Crippen LogP contribution in [0.3, 0.4) is 0 Å². The van der Waals surface area contributed by atoms with Gasteiger partial charge in [-0.25, -0.2) is 0 Å². The van der Waals surface area contributed by atoms with Crippen LogP contribution < -0.4 is 0 Å². The Morgan fingerprint density at radius 2 is 1.36 bits per heavy atom. The molecule has 2 rings (SSSR count). The first-order valence-electron chi connectivity index (χ1n) is 3.80. The molecule has 14 heavy (non-hydrogen) atoms. The first kappa shape index (κ1) is 9.53. The predicted octanol–water partition coefficient (Wildman–Crippen LogP) is 0.743. The van der Waals surface area contributed by atoms with E-state index in [1.165, 1.54) is 21.6 Å². The van der Waals surface area contributed by atoms with E-state index >= 15 is 0 Å². The van der Waals surface area contributed by atoms with Crippen molar-refractivity contribution in [3.63, 3.8) is 0 Å². The van der Waals surface area contributed by atoms with E-state index in [2.05, 4.69) is 20.4 Å². The van der Waals surface area contributed by atoms with Gasteiger partial charge in [0.05, 0.1) is 0 Å². The molecule has 0 unspecified atom stereocenters. The average molecular weight is 228 g/mol. The molecule has 8 heteroatoms. The van der Waals surface area contributed by atoms with Crippen LogP contribution in [0.2, 0.25) is 0 Å². The van der Waals surface area contributed by atoms with Gasteiger partial charge in [0.25, 0.3) is 0 Å². The van der Waals surface area contributed by atoms with E-state index in [1.54, 1.807) is 12.7 Å². The Kier molecular flexibility index (Phi) is 2.73. The molecule has 0 saturated heterocycles. The van der Waals surface area contributed by atoms with Gasteiger partial charge in [0.15, 0.2) is 0 Å². The normalized spacial score (nSPS) is 10.7. The van der Waals surface area contributed by atoms with Crippen LogP contribution in [0.4, 0.5) is 0 Å². The van der Waals surface area contributed by atoms with Crippen molar-refractivity contribution in [2.24, 2.45) is 14.1 Å². The zero-order valence-corrected chi connectivity index (χ0v) is 9.29. The summed E-state index contributed by atoms with van der Waals surface area (Å²) < 4.78 is 3.71. The molecule has 6 nitrogen and oxygen atoms in total. The summed E-state index contributed by atoms with van der Waals surface area (Å²) in [6.07, 6.45) is 3.33. The van der Waals surface area contributed by atoms with Gasteiger partial charge in [0, 0.05) is 14.1 Å². The van der Waals surface area contributed by atoms with Gasteiger partial charge < -0.3 is 9.13 Å². The van der Waals surface area contributed by atoms with Gasteiger partial charge in [-0.3, -0.25) is 0 Å². The topological polar surface area (TPSA) is 61.4 Å². The minimum atomic E-state index is 0.845.